The number of hydrogen-bond donors (Lipinski definition) is 1. The van der Waals surface area contributed by atoms with Gasteiger partial charge in [0.15, 0.2) is 0 Å². The van der Waals surface area contributed by atoms with Crippen LogP contribution < -0.4 is 0 Å². The Balaban J connectivity index is 3.68. The molecule has 0 saturated carbocycles. The lowest BCUT2D eigenvalue weighted by Crippen LogP contribution is -2.58. The van der Waals surface area contributed by atoms with Gasteiger partial charge in [-0.2, -0.15) is 39.5 Å². The number of carbonyl (C=O) groups excluding carboxylic acids is 1. The highest BCUT2D eigenvalue weighted by atomic mass is 19.4. The van der Waals surface area contributed by atoms with Crippen molar-refractivity contribution in [2.24, 2.45) is 0 Å². The van der Waals surface area contributed by atoms with Crippen molar-refractivity contribution in [1.29, 1.82) is 0 Å². The quantitative estimate of drug-likeness (QED) is 0.291. The van der Waals surface area contributed by atoms with Crippen molar-refractivity contribution in [3.05, 3.63) is 46.6 Å². The largest absolute Gasteiger partial charge is 0.507 e. The van der Waals surface area contributed by atoms with Crippen molar-refractivity contribution in [2.75, 3.05) is 0 Å². The summed E-state index contributed by atoms with van der Waals surface area (Å²) in [6.45, 7) is 6.48. The third-order valence-electron chi connectivity index (χ3n) is 3.18. The number of ketones is 1. The van der Waals surface area contributed by atoms with Crippen molar-refractivity contribution in [3.8, 4) is 0 Å². The van der Waals surface area contributed by atoms with Gasteiger partial charge in [0.05, 0.1) is 12.1 Å². The van der Waals surface area contributed by atoms with Crippen LogP contribution in [0.4, 0.5) is 54.0 Å². The van der Waals surface area contributed by atoms with Crippen LogP contribution in [0.2, 0.25) is 0 Å². The second kappa shape index (κ2) is 6.95. The summed E-state index contributed by atoms with van der Waals surface area (Å²) < 4.78 is 140. The predicted molar refractivity (Wildman–Crippen MR) is 69.2 cm³/mol. The fraction of sp³-hybridized carbons (Fsp3) is 0.286. The third-order valence-corrected chi connectivity index (χ3v) is 3.18. The number of hydrogen-bond acceptors (Lipinski definition) is 2. The number of alkyl halides is 10. The van der Waals surface area contributed by atoms with Crippen molar-refractivity contribution in [1.82, 2.24) is 0 Å². The van der Waals surface area contributed by atoms with E-state index in [1.807, 2.05) is 0 Å². The first-order valence-corrected chi connectivity index (χ1v) is 6.44. The molecule has 0 bridgehead atoms. The number of halogens is 11. The van der Waals surface area contributed by atoms with E-state index in [0.717, 1.165) is 0 Å². The molecule has 0 aromatic heterocycles. The zero-order chi connectivity index (χ0) is 22.3. The van der Waals surface area contributed by atoms with Gasteiger partial charge >= 0.3 is 24.2 Å². The SMILES string of the molecule is [C-]#[N+]c1cc(C(F)(F)F)c(/C(O)=C/C(=O)C(F)(C(F)(F)F)C(F)(F)F)cc1F. The molecule has 0 fully saturated rings. The van der Waals surface area contributed by atoms with E-state index in [1.165, 1.54) is 0 Å². The summed E-state index contributed by atoms with van der Waals surface area (Å²) in [4.78, 5) is 13.6. The third kappa shape index (κ3) is 4.02. The van der Waals surface area contributed by atoms with Gasteiger partial charge in [-0.1, -0.05) is 0 Å². The summed E-state index contributed by atoms with van der Waals surface area (Å²) in [5.41, 5.74) is -11.6. The first-order chi connectivity index (χ1) is 12.4. The maximum absolute atomic E-state index is 13.5. The van der Waals surface area contributed by atoms with Gasteiger partial charge in [-0.25, -0.2) is 13.6 Å². The Morgan fingerprint density at radius 1 is 0.964 bits per heavy atom. The molecule has 28 heavy (non-hydrogen) atoms. The number of allylic oxidation sites excluding steroid dienone is 1. The monoisotopic (exact) mass is 427 g/mol. The Hall–Kier alpha value is -2.85. The van der Waals surface area contributed by atoms with Crippen LogP contribution in [0, 0.1) is 12.4 Å². The molecule has 3 nitrogen and oxygen atoms in total. The Labute approximate surface area is 147 Å². The number of carbonyl (C=O) groups is 1. The smallest absolute Gasteiger partial charge is 0.439 e. The van der Waals surface area contributed by atoms with E-state index in [4.69, 9.17) is 6.57 Å². The summed E-state index contributed by atoms with van der Waals surface area (Å²) in [6, 6.07) is -0.460. The lowest BCUT2D eigenvalue weighted by atomic mass is 9.96. The van der Waals surface area contributed by atoms with Crippen LogP contribution in [0.5, 0.6) is 0 Å². The van der Waals surface area contributed by atoms with Gasteiger partial charge in [0.25, 0.3) is 0 Å². The van der Waals surface area contributed by atoms with Gasteiger partial charge in [-0.3, -0.25) is 4.79 Å². The standard InChI is InChI=1S/C14H4F11NO2/c1-26-8-3-6(12(17,18)19)5(2-7(8)15)9(27)4-10(28)11(16,13(20,21)22)14(23,24)25/h2-4,27H/b9-4-. The van der Waals surface area contributed by atoms with E-state index in [2.05, 4.69) is 4.85 Å². The zero-order valence-electron chi connectivity index (χ0n) is 12.7. The fourth-order valence-corrected chi connectivity index (χ4v) is 1.84. The summed E-state index contributed by atoms with van der Waals surface area (Å²) >= 11 is 0. The molecule has 1 aromatic carbocycles. The minimum Gasteiger partial charge on any atom is -0.507 e. The molecule has 0 aliphatic rings. The number of nitrogens with zero attached hydrogens (tertiary/aromatic N) is 1. The Kier molecular flexibility index (Phi) is 5.76. The molecule has 0 atom stereocenters. The molecule has 1 N–H and O–H groups in total. The highest BCUT2D eigenvalue weighted by Gasteiger charge is 2.76. The molecule has 154 valence electrons. The van der Waals surface area contributed by atoms with Crippen LogP contribution in [0.1, 0.15) is 11.1 Å². The maximum Gasteiger partial charge on any atom is 0.439 e. The van der Waals surface area contributed by atoms with Crippen LogP contribution >= 0.6 is 0 Å². The number of rotatable bonds is 3. The average molecular weight is 427 g/mol. The molecule has 0 unspecified atom stereocenters. The summed E-state index contributed by atoms with van der Waals surface area (Å²) in [7, 11) is 0. The lowest BCUT2D eigenvalue weighted by molar-refractivity contribution is -0.323. The molecule has 1 aromatic rings. The number of benzene rings is 1. The summed E-state index contributed by atoms with van der Waals surface area (Å²) in [6.07, 6.45) is -20.3. The highest BCUT2D eigenvalue weighted by Crippen LogP contribution is 2.47. The second-order valence-corrected chi connectivity index (χ2v) is 5.01. The van der Waals surface area contributed by atoms with E-state index in [-0.39, 0.29) is 12.1 Å². The van der Waals surface area contributed by atoms with Gasteiger partial charge in [0.2, 0.25) is 11.5 Å². The minimum atomic E-state index is -6.87. The second-order valence-electron chi connectivity index (χ2n) is 5.01. The van der Waals surface area contributed by atoms with E-state index in [1.54, 1.807) is 0 Å². The Morgan fingerprint density at radius 2 is 1.43 bits per heavy atom. The van der Waals surface area contributed by atoms with Gasteiger partial charge in [0.1, 0.15) is 11.6 Å². The topological polar surface area (TPSA) is 41.7 Å². The van der Waals surface area contributed by atoms with Gasteiger partial charge < -0.3 is 5.11 Å². The van der Waals surface area contributed by atoms with E-state index >= 15 is 0 Å². The van der Waals surface area contributed by atoms with Crippen molar-refractivity contribution >= 4 is 17.2 Å². The molecule has 0 amide bonds. The van der Waals surface area contributed by atoms with Crippen LogP contribution in [0.25, 0.3) is 10.6 Å². The number of aliphatic hydroxyl groups excluding tert-OH is 1. The first-order valence-electron chi connectivity index (χ1n) is 6.44. The van der Waals surface area contributed by atoms with Crippen molar-refractivity contribution < 1.29 is 58.2 Å². The van der Waals surface area contributed by atoms with Crippen molar-refractivity contribution in [3.63, 3.8) is 0 Å². The normalized spacial score (nSPS) is 14.0. The van der Waals surface area contributed by atoms with Crippen LogP contribution in [0.15, 0.2) is 18.2 Å². The van der Waals surface area contributed by atoms with Crippen LogP contribution in [-0.2, 0) is 11.0 Å². The molecule has 1 rings (SSSR count). The average Bonchev–Trinajstić information content (AvgIpc) is 2.50. The van der Waals surface area contributed by atoms with Gasteiger partial charge in [-0.15, -0.1) is 0 Å². The van der Waals surface area contributed by atoms with Crippen molar-refractivity contribution in [2.45, 2.75) is 24.2 Å². The first kappa shape index (κ1) is 23.2. The highest BCUT2D eigenvalue weighted by molar-refractivity contribution is 6.02. The molecule has 14 heteroatoms. The van der Waals surface area contributed by atoms with E-state index in [0.29, 0.717) is 0 Å². The maximum atomic E-state index is 13.5. The van der Waals surface area contributed by atoms with Crippen LogP contribution in [-0.4, -0.2) is 28.9 Å². The summed E-state index contributed by atoms with van der Waals surface area (Å²) in [5, 5.41) is 9.41. The molecule has 0 spiro atoms. The molecule has 0 saturated heterocycles. The number of aliphatic hydroxyl groups is 1. The van der Waals surface area contributed by atoms with E-state index < -0.39 is 64.4 Å². The molecule has 0 heterocycles. The van der Waals surface area contributed by atoms with Crippen LogP contribution in [0.3, 0.4) is 0 Å². The Morgan fingerprint density at radius 3 is 1.79 bits per heavy atom. The molecule has 0 aliphatic heterocycles. The zero-order valence-corrected chi connectivity index (χ0v) is 12.7. The Bertz CT molecular complexity index is 842. The van der Waals surface area contributed by atoms with Gasteiger partial charge in [-0.05, 0) is 12.1 Å². The summed E-state index contributed by atoms with van der Waals surface area (Å²) in [5.74, 6) is -7.47. The van der Waals surface area contributed by atoms with E-state index in [9.17, 15) is 58.2 Å². The van der Waals surface area contributed by atoms with Gasteiger partial charge in [0, 0.05) is 11.6 Å². The minimum absolute atomic E-state index is 0.206. The fourth-order valence-electron chi connectivity index (χ4n) is 1.84. The lowest BCUT2D eigenvalue weighted by Gasteiger charge is -2.27. The molecule has 0 aliphatic carbocycles. The molecular weight excluding hydrogens is 423 g/mol. The molecular formula is C14H4F11NO2. The predicted octanol–water partition coefficient (Wildman–Crippen LogP) is 5.70. The molecule has 0 radical (unpaired) electrons.